The monoisotopic (exact) mass is 188 g/mol. The minimum absolute atomic E-state index is 0.0981. The molecule has 0 aromatic heterocycles. The van der Waals surface area contributed by atoms with Crippen LogP contribution >= 0.6 is 11.6 Å². The third-order valence-corrected chi connectivity index (χ3v) is 1.56. The van der Waals surface area contributed by atoms with Crippen LogP contribution in [0, 0.1) is 0 Å². The standard InChI is InChI=1S/C7H7ClO2.C2H6/c8-7-3-6(10)2-1-5(7)4-9;1-2/h1-3,9-10H,4H2;1-2H3. The highest BCUT2D eigenvalue weighted by Gasteiger charge is 1.97. The Bertz CT molecular complexity index is 236. The van der Waals surface area contributed by atoms with E-state index in [0.29, 0.717) is 10.6 Å². The molecule has 0 aliphatic heterocycles. The third-order valence-electron chi connectivity index (χ3n) is 1.21. The largest absolute Gasteiger partial charge is 0.508 e. The maximum Gasteiger partial charge on any atom is 0.117 e. The van der Waals surface area contributed by atoms with Crippen molar-refractivity contribution in [2.24, 2.45) is 0 Å². The molecule has 2 nitrogen and oxygen atoms in total. The van der Waals surface area contributed by atoms with Crippen LogP contribution in [0.15, 0.2) is 18.2 Å². The zero-order valence-corrected chi connectivity index (χ0v) is 7.97. The zero-order valence-electron chi connectivity index (χ0n) is 7.21. The van der Waals surface area contributed by atoms with Crippen LogP contribution < -0.4 is 0 Å². The smallest absolute Gasteiger partial charge is 0.117 e. The maximum absolute atomic E-state index is 8.87. The lowest BCUT2D eigenvalue weighted by molar-refractivity contribution is 0.282. The normalized spacial score (nSPS) is 8.67. The van der Waals surface area contributed by atoms with Crippen LogP contribution in [0.2, 0.25) is 5.02 Å². The summed E-state index contributed by atoms with van der Waals surface area (Å²) < 4.78 is 0. The highest BCUT2D eigenvalue weighted by atomic mass is 35.5. The van der Waals surface area contributed by atoms with Crippen LogP contribution in [0.5, 0.6) is 5.75 Å². The molecule has 0 unspecified atom stereocenters. The number of aromatic hydroxyl groups is 1. The van der Waals surface area contributed by atoms with E-state index in [1.165, 1.54) is 12.1 Å². The minimum atomic E-state index is -0.0981. The van der Waals surface area contributed by atoms with Crippen LogP contribution in [0.1, 0.15) is 19.4 Å². The van der Waals surface area contributed by atoms with Gasteiger partial charge in [0.1, 0.15) is 5.75 Å². The molecule has 0 aliphatic rings. The summed E-state index contributed by atoms with van der Waals surface area (Å²) in [6.45, 7) is 3.90. The molecule has 2 N–H and O–H groups in total. The van der Waals surface area contributed by atoms with E-state index in [2.05, 4.69) is 0 Å². The second kappa shape index (κ2) is 5.86. The number of aliphatic hydroxyl groups excluding tert-OH is 1. The van der Waals surface area contributed by atoms with E-state index >= 15 is 0 Å². The molecular formula is C9H13ClO2. The summed E-state index contributed by atoms with van der Waals surface area (Å²) in [7, 11) is 0. The summed E-state index contributed by atoms with van der Waals surface area (Å²) in [6.07, 6.45) is 0. The molecule has 0 atom stereocenters. The molecule has 1 aromatic rings. The van der Waals surface area contributed by atoms with Gasteiger partial charge in [0.2, 0.25) is 0 Å². The SMILES string of the molecule is CC.OCc1ccc(O)cc1Cl. The topological polar surface area (TPSA) is 40.5 Å². The van der Waals surface area contributed by atoms with Gasteiger partial charge in [-0.3, -0.25) is 0 Å². The fourth-order valence-corrected chi connectivity index (χ4v) is 0.899. The van der Waals surface area contributed by atoms with Crippen molar-refractivity contribution in [1.82, 2.24) is 0 Å². The van der Waals surface area contributed by atoms with Crippen molar-refractivity contribution in [3.8, 4) is 5.75 Å². The molecule has 1 rings (SSSR count). The van der Waals surface area contributed by atoms with Gasteiger partial charge in [-0.15, -0.1) is 0 Å². The molecule has 0 bridgehead atoms. The summed E-state index contributed by atoms with van der Waals surface area (Å²) in [5.74, 6) is 0.113. The molecule has 68 valence electrons. The van der Waals surface area contributed by atoms with Crippen LogP contribution in [0.3, 0.4) is 0 Å². The van der Waals surface area contributed by atoms with Crippen molar-refractivity contribution in [2.45, 2.75) is 20.5 Å². The fraction of sp³-hybridized carbons (Fsp3) is 0.333. The number of halogens is 1. The van der Waals surface area contributed by atoms with Gasteiger partial charge in [-0.05, 0) is 17.7 Å². The van der Waals surface area contributed by atoms with Gasteiger partial charge in [-0.25, -0.2) is 0 Å². The summed E-state index contributed by atoms with van der Waals surface area (Å²) in [5, 5.41) is 17.9. The average Bonchev–Trinajstić information content (AvgIpc) is 2.08. The Hall–Kier alpha value is -0.730. The summed E-state index contributed by atoms with van der Waals surface area (Å²) in [5.41, 5.74) is 0.625. The maximum atomic E-state index is 8.87. The average molecular weight is 189 g/mol. The van der Waals surface area contributed by atoms with Crippen molar-refractivity contribution in [2.75, 3.05) is 0 Å². The Labute approximate surface area is 77.4 Å². The first kappa shape index (κ1) is 11.3. The fourth-order valence-electron chi connectivity index (χ4n) is 0.664. The van der Waals surface area contributed by atoms with Crippen molar-refractivity contribution >= 4 is 11.6 Å². The Balaban J connectivity index is 0.000000561. The van der Waals surface area contributed by atoms with Gasteiger partial charge >= 0.3 is 0 Å². The Kier molecular flexibility index (Phi) is 5.51. The number of hydrogen-bond donors (Lipinski definition) is 2. The quantitative estimate of drug-likeness (QED) is 0.711. The number of phenols is 1. The van der Waals surface area contributed by atoms with Crippen molar-refractivity contribution < 1.29 is 10.2 Å². The molecule has 1 aromatic carbocycles. The van der Waals surface area contributed by atoms with Crippen molar-refractivity contribution in [3.63, 3.8) is 0 Å². The molecule has 0 fully saturated rings. The molecule has 3 heteroatoms. The van der Waals surface area contributed by atoms with Crippen LogP contribution in [0.25, 0.3) is 0 Å². The van der Waals surface area contributed by atoms with Gasteiger partial charge in [0.05, 0.1) is 6.61 Å². The van der Waals surface area contributed by atoms with Gasteiger partial charge in [0.15, 0.2) is 0 Å². The van der Waals surface area contributed by atoms with E-state index in [4.69, 9.17) is 21.8 Å². The van der Waals surface area contributed by atoms with Gasteiger partial charge in [0.25, 0.3) is 0 Å². The third kappa shape index (κ3) is 3.11. The summed E-state index contributed by atoms with van der Waals surface area (Å²) in [4.78, 5) is 0. The molecule has 0 saturated heterocycles. The molecule has 0 radical (unpaired) electrons. The predicted molar refractivity (Wildman–Crippen MR) is 50.4 cm³/mol. The Morgan fingerprint density at radius 2 is 1.92 bits per heavy atom. The summed E-state index contributed by atoms with van der Waals surface area (Å²) in [6, 6.07) is 4.46. The van der Waals surface area contributed by atoms with E-state index in [1.54, 1.807) is 6.07 Å². The Morgan fingerprint density at radius 3 is 2.33 bits per heavy atom. The molecule has 12 heavy (non-hydrogen) atoms. The van der Waals surface area contributed by atoms with Crippen molar-refractivity contribution in [3.05, 3.63) is 28.8 Å². The zero-order chi connectivity index (χ0) is 9.56. The van der Waals surface area contributed by atoms with Crippen LogP contribution in [-0.4, -0.2) is 10.2 Å². The predicted octanol–water partition coefficient (Wildman–Crippen LogP) is 2.56. The van der Waals surface area contributed by atoms with E-state index in [9.17, 15) is 0 Å². The molecule has 0 spiro atoms. The number of benzene rings is 1. The van der Waals surface area contributed by atoms with Gasteiger partial charge < -0.3 is 10.2 Å². The van der Waals surface area contributed by atoms with Crippen LogP contribution in [-0.2, 0) is 6.61 Å². The molecule has 0 heterocycles. The Morgan fingerprint density at radius 1 is 1.33 bits per heavy atom. The van der Waals surface area contributed by atoms with E-state index in [-0.39, 0.29) is 12.4 Å². The van der Waals surface area contributed by atoms with Gasteiger partial charge in [0, 0.05) is 5.02 Å². The minimum Gasteiger partial charge on any atom is -0.508 e. The number of aliphatic hydroxyl groups is 1. The lowest BCUT2D eigenvalue weighted by Gasteiger charge is -1.98. The first-order valence-electron chi connectivity index (χ1n) is 3.82. The molecule has 0 amide bonds. The van der Waals surface area contributed by atoms with E-state index in [1.807, 2.05) is 13.8 Å². The number of hydrogen-bond acceptors (Lipinski definition) is 2. The van der Waals surface area contributed by atoms with E-state index < -0.39 is 0 Å². The second-order valence-electron chi connectivity index (χ2n) is 1.93. The molecule has 0 aliphatic carbocycles. The lowest BCUT2D eigenvalue weighted by Crippen LogP contribution is -1.82. The highest BCUT2D eigenvalue weighted by molar-refractivity contribution is 6.31. The second-order valence-corrected chi connectivity index (χ2v) is 2.34. The lowest BCUT2D eigenvalue weighted by atomic mass is 10.2. The number of phenolic OH excluding ortho intramolecular Hbond substituents is 1. The first-order valence-corrected chi connectivity index (χ1v) is 4.20. The van der Waals surface area contributed by atoms with E-state index in [0.717, 1.165) is 0 Å². The molecular weight excluding hydrogens is 176 g/mol. The van der Waals surface area contributed by atoms with Crippen molar-refractivity contribution in [1.29, 1.82) is 0 Å². The molecule has 0 saturated carbocycles. The summed E-state index contributed by atoms with van der Waals surface area (Å²) >= 11 is 5.61. The van der Waals surface area contributed by atoms with Gasteiger partial charge in [-0.1, -0.05) is 31.5 Å². The highest BCUT2D eigenvalue weighted by Crippen LogP contribution is 2.20. The number of rotatable bonds is 1. The first-order chi connectivity index (χ1) is 5.74. The van der Waals surface area contributed by atoms with Gasteiger partial charge in [-0.2, -0.15) is 0 Å². The van der Waals surface area contributed by atoms with Crippen LogP contribution in [0.4, 0.5) is 0 Å².